The summed E-state index contributed by atoms with van der Waals surface area (Å²) in [6.45, 7) is 3.80. The Balaban J connectivity index is 1.75. The summed E-state index contributed by atoms with van der Waals surface area (Å²) in [6, 6.07) is 13.6. The molecule has 2 aromatic carbocycles. The molecule has 1 heterocycles. The largest absolute Gasteiger partial charge is 0.332 e. The molecule has 1 amide bonds. The summed E-state index contributed by atoms with van der Waals surface area (Å²) in [5.74, 6) is -0.597. The number of hydrogen-bond acceptors (Lipinski definition) is 4. The van der Waals surface area contributed by atoms with Gasteiger partial charge in [0.25, 0.3) is 5.91 Å². The third-order valence-corrected chi connectivity index (χ3v) is 4.45. The highest BCUT2D eigenvalue weighted by Crippen LogP contribution is 2.27. The summed E-state index contributed by atoms with van der Waals surface area (Å²) >= 11 is 1.28. The molecule has 122 valence electrons. The first-order valence-electron chi connectivity index (χ1n) is 7.39. The maximum absolute atomic E-state index is 12.9. The van der Waals surface area contributed by atoms with Gasteiger partial charge in [-0.2, -0.15) is 0 Å². The monoisotopic (exact) mass is 341 g/mol. The Morgan fingerprint density at radius 2 is 1.83 bits per heavy atom. The predicted octanol–water partition coefficient (Wildman–Crippen LogP) is 4.89. The Labute approximate surface area is 143 Å². The smallest absolute Gasteiger partial charge is 0.267 e. The second-order valence-electron chi connectivity index (χ2n) is 5.39. The van der Waals surface area contributed by atoms with Gasteiger partial charge in [-0.3, -0.25) is 4.79 Å². The lowest BCUT2D eigenvalue weighted by molar-refractivity contribution is 0.103. The molecular weight excluding hydrogens is 325 g/mol. The minimum Gasteiger partial charge on any atom is -0.332 e. The first-order valence-corrected chi connectivity index (χ1v) is 8.21. The van der Waals surface area contributed by atoms with E-state index in [9.17, 15) is 9.18 Å². The van der Waals surface area contributed by atoms with Crippen LogP contribution in [0.25, 0.3) is 0 Å². The van der Waals surface area contributed by atoms with E-state index in [2.05, 4.69) is 15.6 Å². The van der Waals surface area contributed by atoms with Gasteiger partial charge in [0.2, 0.25) is 0 Å². The van der Waals surface area contributed by atoms with Crippen LogP contribution in [0.4, 0.5) is 20.9 Å². The molecule has 0 aliphatic carbocycles. The fraction of sp³-hybridized carbons (Fsp3) is 0.111. The van der Waals surface area contributed by atoms with E-state index in [1.165, 1.54) is 35.6 Å². The molecule has 24 heavy (non-hydrogen) atoms. The second-order valence-corrected chi connectivity index (χ2v) is 6.39. The van der Waals surface area contributed by atoms with E-state index in [4.69, 9.17) is 0 Å². The molecule has 1 aromatic heterocycles. The number of rotatable bonds is 4. The zero-order valence-corrected chi connectivity index (χ0v) is 14.1. The van der Waals surface area contributed by atoms with E-state index < -0.39 is 0 Å². The molecule has 0 unspecified atom stereocenters. The number of nitrogens with one attached hydrogen (secondary N) is 2. The van der Waals surface area contributed by atoms with Gasteiger partial charge in [0.1, 0.15) is 10.7 Å². The molecule has 0 bridgehead atoms. The van der Waals surface area contributed by atoms with Crippen molar-refractivity contribution >= 4 is 33.8 Å². The standard InChI is InChI=1S/C18H16FN3OS/c1-11-4-3-5-15(10-11)22-18-20-12(2)16(24-18)17(23)21-14-8-6-13(19)7-9-14/h3-10H,1-2H3,(H,20,22)(H,21,23). The van der Waals surface area contributed by atoms with Crippen LogP contribution in [0.3, 0.4) is 0 Å². The lowest BCUT2D eigenvalue weighted by Gasteiger charge is -2.04. The Bertz CT molecular complexity index is 874. The number of hydrogen-bond donors (Lipinski definition) is 2. The Hall–Kier alpha value is -2.73. The summed E-state index contributed by atoms with van der Waals surface area (Å²) in [4.78, 5) is 17.3. The van der Waals surface area contributed by atoms with Crippen molar-refractivity contribution in [3.63, 3.8) is 0 Å². The number of amides is 1. The topological polar surface area (TPSA) is 54.0 Å². The first kappa shape index (κ1) is 16.1. The van der Waals surface area contributed by atoms with Gasteiger partial charge in [0.05, 0.1) is 5.69 Å². The number of benzene rings is 2. The fourth-order valence-corrected chi connectivity index (χ4v) is 3.11. The molecule has 4 nitrogen and oxygen atoms in total. The van der Waals surface area contributed by atoms with Crippen LogP contribution >= 0.6 is 11.3 Å². The lowest BCUT2D eigenvalue weighted by atomic mass is 10.2. The molecule has 6 heteroatoms. The van der Waals surface area contributed by atoms with E-state index in [0.29, 0.717) is 21.4 Å². The van der Waals surface area contributed by atoms with Crippen molar-refractivity contribution in [3.8, 4) is 0 Å². The molecule has 0 saturated carbocycles. The minimum atomic E-state index is -0.341. The zero-order chi connectivity index (χ0) is 17.1. The number of nitrogens with zero attached hydrogens (tertiary/aromatic N) is 1. The highest BCUT2D eigenvalue weighted by atomic mass is 32.1. The normalized spacial score (nSPS) is 10.5. The van der Waals surface area contributed by atoms with Gasteiger partial charge >= 0.3 is 0 Å². The molecular formula is C18H16FN3OS. The highest BCUT2D eigenvalue weighted by molar-refractivity contribution is 7.17. The Kier molecular flexibility index (Phi) is 4.57. The van der Waals surface area contributed by atoms with E-state index in [1.807, 2.05) is 31.2 Å². The van der Waals surface area contributed by atoms with Crippen molar-refractivity contribution in [1.29, 1.82) is 0 Å². The number of carbonyl (C=O) groups is 1. The van der Waals surface area contributed by atoms with Crippen LogP contribution in [-0.4, -0.2) is 10.9 Å². The summed E-state index contributed by atoms with van der Waals surface area (Å²) < 4.78 is 12.9. The van der Waals surface area contributed by atoms with Crippen LogP contribution in [0.1, 0.15) is 20.9 Å². The van der Waals surface area contributed by atoms with E-state index in [0.717, 1.165) is 11.3 Å². The molecule has 0 saturated heterocycles. The summed E-state index contributed by atoms with van der Waals surface area (Å²) in [6.07, 6.45) is 0. The van der Waals surface area contributed by atoms with E-state index >= 15 is 0 Å². The number of aryl methyl sites for hydroxylation is 2. The molecule has 2 N–H and O–H groups in total. The summed E-state index contributed by atoms with van der Waals surface area (Å²) in [7, 11) is 0. The van der Waals surface area contributed by atoms with Gasteiger partial charge in [0.15, 0.2) is 5.13 Å². The maximum Gasteiger partial charge on any atom is 0.267 e. The summed E-state index contributed by atoms with van der Waals surface area (Å²) in [5, 5.41) is 6.61. The highest BCUT2D eigenvalue weighted by Gasteiger charge is 2.15. The maximum atomic E-state index is 12.9. The quantitative estimate of drug-likeness (QED) is 0.710. The van der Waals surface area contributed by atoms with Gasteiger partial charge in [-0.05, 0) is 55.8 Å². The van der Waals surface area contributed by atoms with Gasteiger partial charge in [-0.25, -0.2) is 9.37 Å². The van der Waals surface area contributed by atoms with Gasteiger partial charge in [-0.1, -0.05) is 23.5 Å². The van der Waals surface area contributed by atoms with Crippen molar-refractivity contribution in [2.24, 2.45) is 0 Å². The SMILES string of the molecule is Cc1cccc(Nc2nc(C)c(C(=O)Nc3ccc(F)cc3)s2)c1. The zero-order valence-electron chi connectivity index (χ0n) is 13.3. The third kappa shape index (κ3) is 3.78. The average Bonchev–Trinajstić information content (AvgIpc) is 2.90. The average molecular weight is 341 g/mol. The molecule has 0 fully saturated rings. The van der Waals surface area contributed by atoms with Crippen LogP contribution in [0, 0.1) is 19.7 Å². The number of aromatic nitrogens is 1. The van der Waals surface area contributed by atoms with Crippen molar-refractivity contribution in [1.82, 2.24) is 4.98 Å². The molecule has 0 spiro atoms. The molecule has 0 radical (unpaired) electrons. The van der Waals surface area contributed by atoms with E-state index in [1.54, 1.807) is 6.92 Å². The molecule has 0 aliphatic rings. The number of halogens is 1. The van der Waals surface area contributed by atoms with Crippen LogP contribution in [0.5, 0.6) is 0 Å². The van der Waals surface area contributed by atoms with Crippen molar-refractivity contribution in [2.45, 2.75) is 13.8 Å². The number of carbonyl (C=O) groups excluding carboxylic acids is 1. The first-order chi connectivity index (χ1) is 11.5. The van der Waals surface area contributed by atoms with Gasteiger partial charge < -0.3 is 10.6 Å². The third-order valence-electron chi connectivity index (χ3n) is 3.37. The Morgan fingerprint density at radius 3 is 2.54 bits per heavy atom. The van der Waals surface area contributed by atoms with Crippen LogP contribution in [0.15, 0.2) is 48.5 Å². The van der Waals surface area contributed by atoms with Crippen molar-refractivity contribution in [2.75, 3.05) is 10.6 Å². The predicted molar refractivity (Wildman–Crippen MR) is 95.7 cm³/mol. The van der Waals surface area contributed by atoms with Crippen LogP contribution in [0.2, 0.25) is 0 Å². The Morgan fingerprint density at radius 1 is 1.08 bits per heavy atom. The van der Waals surface area contributed by atoms with Crippen molar-refractivity contribution in [3.05, 3.63) is 70.5 Å². The van der Waals surface area contributed by atoms with Crippen molar-refractivity contribution < 1.29 is 9.18 Å². The molecule has 0 atom stereocenters. The molecule has 3 rings (SSSR count). The van der Waals surface area contributed by atoms with E-state index in [-0.39, 0.29) is 11.7 Å². The molecule has 3 aromatic rings. The molecule has 0 aliphatic heterocycles. The lowest BCUT2D eigenvalue weighted by Crippen LogP contribution is -2.11. The van der Waals surface area contributed by atoms with Gasteiger partial charge in [-0.15, -0.1) is 0 Å². The number of anilines is 3. The fourth-order valence-electron chi connectivity index (χ4n) is 2.23. The van der Waals surface area contributed by atoms with Crippen LogP contribution < -0.4 is 10.6 Å². The van der Waals surface area contributed by atoms with Gasteiger partial charge in [0, 0.05) is 11.4 Å². The number of thiazole rings is 1. The van der Waals surface area contributed by atoms with Crippen LogP contribution in [-0.2, 0) is 0 Å². The summed E-state index contributed by atoms with van der Waals surface area (Å²) in [5.41, 5.74) is 3.26. The minimum absolute atomic E-state index is 0.256. The second kappa shape index (κ2) is 6.80.